The standard InChI is InChI=1S/C21H19F2N3O3/c1-28-17-8-6-13(10-18(17)29-2)11-24-19-9-7-14(12-25-19)21(27)26-20-15(22)4-3-5-16(20)23/h3-10,12H,11H2,1-2H3,(H,24,25)(H,26,27). The lowest BCUT2D eigenvalue weighted by Crippen LogP contribution is -2.14. The van der Waals surface area contributed by atoms with Gasteiger partial charge in [0.1, 0.15) is 23.1 Å². The fourth-order valence-corrected chi connectivity index (χ4v) is 2.62. The number of nitrogens with zero attached hydrogens (tertiary/aromatic N) is 1. The molecule has 0 fully saturated rings. The second kappa shape index (κ2) is 9.01. The van der Waals surface area contributed by atoms with Gasteiger partial charge in [-0.1, -0.05) is 12.1 Å². The summed E-state index contributed by atoms with van der Waals surface area (Å²) in [7, 11) is 3.13. The van der Waals surface area contributed by atoms with E-state index in [0.717, 1.165) is 17.7 Å². The van der Waals surface area contributed by atoms with Gasteiger partial charge in [-0.05, 0) is 42.0 Å². The fraction of sp³-hybridized carbons (Fsp3) is 0.143. The Morgan fingerprint density at radius 1 is 1.00 bits per heavy atom. The first-order chi connectivity index (χ1) is 14.0. The summed E-state index contributed by atoms with van der Waals surface area (Å²) < 4.78 is 37.8. The number of amides is 1. The van der Waals surface area contributed by atoms with Crippen LogP contribution in [0.3, 0.4) is 0 Å². The molecule has 3 aromatic rings. The Labute approximate surface area is 166 Å². The molecule has 0 atom stereocenters. The Balaban J connectivity index is 1.63. The van der Waals surface area contributed by atoms with Crippen LogP contribution in [0.4, 0.5) is 20.3 Å². The maximum absolute atomic E-state index is 13.7. The zero-order valence-corrected chi connectivity index (χ0v) is 15.8. The maximum Gasteiger partial charge on any atom is 0.257 e. The molecule has 0 aliphatic heterocycles. The SMILES string of the molecule is COc1ccc(CNc2ccc(C(=O)Nc3c(F)cccc3F)cn2)cc1OC. The molecular formula is C21H19F2N3O3. The predicted octanol–water partition coefficient (Wildman–Crippen LogP) is 4.24. The van der Waals surface area contributed by atoms with E-state index in [2.05, 4.69) is 15.6 Å². The second-order valence-corrected chi connectivity index (χ2v) is 6.03. The number of aromatic nitrogens is 1. The number of hydrogen-bond acceptors (Lipinski definition) is 5. The molecule has 2 aromatic carbocycles. The van der Waals surface area contributed by atoms with Crippen LogP contribution in [0.2, 0.25) is 0 Å². The summed E-state index contributed by atoms with van der Waals surface area (Å²) in [5.41, 5.74) is 0.624. The average Bonchev–Trinajstić information content (AvgIpc) is 2.75. The number of halogens is 2. The summed E-state index contributed by atoms with van der Waals surface area (Å²) >= 11 is 0. The summed E-state index contributed by atoms with van der Waals surface area (Å²) in [6.07, 6.45) is 1.32. The van der Waals surface area contributed by atoms with Crippen LogP contribution in [-0.4, -0.2) is 25.1 Å². The van der Waals surface area contributed by atoms with Crippen molar-refractivity contribution in [3.05, 3.63) is 77.5 Å². The summed E-state index contributed by atoms with van der Waals surface area (Å²) in [4.78, 5) is 16.4. The number of anilines is 2. The van der Waals surface area contributed by atoms with Gasteiger partial charge in [0.2, 0.25) is 0 Å². The Morgan fingerprint density at radius 2 is 1.72 bits per heavy atom. The molecule has 0 bridgehead atoms. The molecule has 3 rings (SSSR count). The van der Waals surface area contributed by atoms with Crippen molar-refractivity contribution in [2.45, 2.75) is 6.54 Å². The normalized spacial score (nSPS) is 10.3. The smallest absolute Gasteiger partial charge is 0.257 e. The number of ether oxygens (including phenoxy) is 2. The van der Waals surface area contributed by atoms with Gasteiger partial charge in [-0.3, -0.25) is 4.79 Å². The van der Waals surface area contributed by atoms with Gasteiger partial charge in [0.25, 0.3) is 5.91 Å². The highest BCUT2D eigenvalue weighted by atomic mass is 19.1. The van der Waals surface area contributed by atoms with Gasteiger partial charge >= 0.3 is 0 Å². The monoisotopic (exact) mass is 399 g/mol. The zero-order valence-electron chi connectivity index (χ0n) is 15.8. The number of methoxy groups -OCH3 is 2. The van der Waals surface area contributed by atoms with E-state index in [1.807, 2.05) is 12.1 Å². The number of benzene rings is 2. The van der Waals surface area contributed by atoms with Gasteiger partial charge in [-0.2, -0.15) is 0 Å². The van der Waals surface area contributed by atoms with Crippen molar-refractivity contribution < 1.29 is 23.0 Å². The second-order valence-electron chi connectivity index (χ2n) is 6.03. The minimum absolute atomic E-state index is 0.171. The maximum atomic E-state index is 13.7. The summed E-state index contributed by atoms with van der Waals surface area (Å²) in [5, 5.41) is 5.35. The fourth-order valence-electron chi connectivity index (χ4n) is 2.62. The number of nitrogens with one attached hydrogen (secondary N) is 2. The Morgan fingerprint density at radius 3 is 2.34 bits per heavy atom. The van der Waals surface area contributed by atoms with Crippen LogP contribution in [0, 0.1) is 11.6 Å². The molecule has 1 aromatic heterocycles. The van der Waals surface area contributed by atoms with E-state index in [0.29, 0.717) is 23.9 Å². The van der Waals surface area contributed by atoms with Crippen LogP contribution in [0.25, 0.3) is 0 Å². The van der Waals surface area contributed by atoms with E-state index < -0.39 is 23.2 Å². The third-order valence-electron chi connectivity index (χ3n) is 4.15. The number of rotatable bonds is 7. The number of carbonyl (C=O) groups excluding carboxylic acids is 1. The van der Waals surface area contributed by atoms with Crippen molar-refractivity contribution >= 4 is 17.4 Å². The Hall–Kier alpha value is -3.68. The third kappa shape index (κ3) is 4.78. The lowest BCUT2D eigenvalue weighted by atomic mass is 10.2. The first-order valence-electron chi connectivity index (χ1n) is 8.68. The minimum atomic E-state index is -0.848. The first kappa shape index (κ1) is 20.1. The molecule has 0 unspecified atom stereocenters. The topological polar surface area (TPSA) is 72.5 Å². The minimum Gasteiger partial charge on any atom is -0.493 e. The predicted molar refractivity (Wildman–Crippen MR) is 105 cm³/mol. The molecule has 8 heteroatoms. The van der Waals surface area contributed by atoms with Crippen LogP contribution >= 0.6 is 0 Å². The zero-order chi connectivity index (χ0) is 20.8. The molecule has 150 valence electrons. The summed E-state index contributed by atoms with van der Waals surface area (Å²) in [5.74, 6) is -0.566. The molecule has 0 spiro atoms. The van der Waals surface area contributed by atoms with Crippen LogP contribution in [0.1, 0.15) is 15.9 Å². The quantitative estimate of drug-likeness (QED) is 0.622. The number of hydrogen-bond donors (Lipinski definition) is 2. The van der Waals surface area contributed by atoms with Gasteiger partial charge in [-0.25, -0.2) is 13.8 Å². The largest absolute Gasteiger partial charge is 0.493 e. The van der Waals surface area contributed by atoms with Gasteiger partial charge in [0.05, 0.1) is 19.8 Å². The first-order valence-corrected chi connectivity index (χ1v) is 8.68. The van der Waals surface area contributed by atoms with Crippen molar-refractivity contribution in [3.8, 4) is 11.5 Å². The van der Waals surface area contributed by atoms with E-state index in [-0.39, 0.29) is 5.56 Å². The van der Waals surface area contributed by atoms with Crippen molar-refractivity contribution in [2.75, 3.05) is 24.9 Å². The molecule has 1 amide bonds. The molecule has 29 heavy (non-hydrogen) atoms. The summed E-state index contributed by atoms with van der Waals surface area (Å²) in [6.45, 7) is 0.472. The summed E-state index contributed by atoms with van der Waals surface area (Å²) in [6, 6.07) is 12.0. The lowest BCUT2D eigenvalue weighted by Gasteiger charge is -2.11. The Kier molecular flexibility index (Phi) is 6.23. The Bertz CT molecular complexity index is 990. The van der Waals surface area contributed by atoms with Crippen molar-refractivity contribution in [1.82, 2.24) is 4.98 Å². The van der Waals surface area contributed by atoms with Gasteiger partial charge in [0, 0.05) is 12.7 Å². The highest BCUT2D eigenvalue weighted by molar-refractivity contribution is 6.04. The van der Waals surface area contributed by atoms with Gasteiger partial charge in [0.15, 0.2) is 11.5 Å². The van der Waals surface area contributed by atoms with Gasteiger partial charge < -0.3 is 20.1 Å². The number of carbonyl (C=O) groups is 1. The van der Waals surface area contributed by atoms with E-state index >= 15 is 0 Å². The van der Waals surface area contributed by atoms with E-state index in [9.17, 15) is 13.6 Å². The van der Waals surface area contributed by atoms with Crippen molar-refractivity contribution in [2.24, 2.45) is 0 Å². The van der Waals surface area contributed by atoms with E-state index in [1.54, 1.807) is 26.4 Å². The highest BCUT2D eigenvalue weighted by Crippen LogP contribution is 2.27. The van der Waals surface area contributed by atoms with E-state index in [4.69, 9.17) is 9.47 Å². The molecular weight excluding hydrogens is 380 g/mol. The molecule has 0 saturated carbocycles. The van der Waals surface area contributed by atoms with Crippen LogP contribution in [0.15, 0.2) is 54.7 Å². The molecule has 0 saturated heterocycles. The lowest BCUT2D eigenvalue weighted by molar-refractivity contribution is 0.102. The number of pyridine rings is 1. The van der Waals surface area contributed by atoms with Crippen molar-refractivity contribution in [3.63, 3.8) is 0 Å². The van der Waals surface area contributed by atoms with Gasteiger partial charge in [-0.15, -0.1) is 0 Å². The molecule has 1 heterocycles. The van der Waals surface area contributed by atoms with E-state index in [1.165, 1.54) is 18.3 Å². The molecule has 0 radical (unpaired) electrons. The average molecular weight is 399 g/mol. The molecule has 6 nitrogen and oxygen atoms in total. The third-order valence-corrected chi connectivity index (χ3v) is 4.15. The van der Waals surface area contributed by atoms with Crippen LogP contribution < -0.4 is 20.1 Å². The number of para-hydroxylation sites is 1. The van der Waals surface area contributed by atoms with Crippen LogP contribution in [-0.2, 0) is 6.54 Å². The molecule has 2 N–H and O–H groups in total. The van der Waals surface area contributed by atoms with Crippen molar-refractivity contribution in [1.29, 1.82) is 0 Å². The molecule has 0 aliphatic carbocycles. The molecule has 0 aliphatic rings. The highest BCUT2D eigenvalue weighted by Gasteiger charge is 2.13. The van der Waals surface area contributed by atoms with Crippen LogP contribution in [0.5, 0.6) is 11.5 Å².